The first-order valence-corrected chi connectivity index (χ1v) is 10.9. The number of morpholine rings is 1. The number of guanidine groups is 1. The number of carbonyl (C=O) groups is 1. The number of hydrogen-bond acceptors (Lipinski definition) is 4. The van der Waals surface area contributed by atoms with Gasteiger partial charge in [-0.25, -0.2) is 4.39 Å². The molecular weight excluding hydrogens is 409 g/mol. The predicted molar refractivity (Wildman–Crippen MR) is 125 cm³/mol. The van der Waals surface area contributed by atoms with Crippen LogP contribution in [0, 0.1) is 5.82 Å². The SMILES string of the molecule is CN=C(NCCc1ccc(NC(C)=O)cc1)NCC(c1ccc(F)cc1)N1CCOCC1. The minimum atomic E-state index is -0.231. The first-order valence-electron chi connectivity index (χ1n) is 10.9. The zero-order valence-electron chi connectivity index (χ0n) is 18.7. The van der Waals surface area contributed by atoms with E-state index in [4.69, 9.17) is 4.74 Å². The van der Waals surface area contributed by atoms with Crippen LogP contribution >= 0.6 is 0 Å². The van der Waals surface area contributed by atoms with Crippen LogP contribution in [0.2, 0.25) is 0 Å². The minimum Gasteiger partial charge on any atom is -0.379 e. The number of ether oxygens (including phenoxy) is 1. The molecule has 1 amide bonds. The van der Waals surface area contributed by atoms with E-state index < -0.39 is 0 Å². The van der Waals surface area contributed by atoms with Gasteiger partial charge < -0.3 is 20.7 Å². The maximum absolute atomic E-state index is 13.4. The van der Waals surface area contributed by atoms with Gasteiger partial charge in [0.1, 0.15) is 5.82 Å². The summed E-state index contributed by atoms with van der Waals surface area (Å²) < 4.78 is 18.9. The van der Waals surface area contributed by atoms with Gasteiger partial charge >= 0.3 is 0 Å². The predicted octanol–water partition coefficient (Wildman–Crippen LogP) is 2.57. The lowest BCUT2D eigenvalue weighted by Crippen LogP contribution is -2.46. The maximum atomic E-state index is 13.4. The molecule has 172 valence electrons. The van der Waals surface area contributed by atoms with E-state index in [1.165, 1.54) is 24.6 Å². The van der Waals surface area contributed by atoms with Crippen molar-refractivity contribution in [2.75, 3.05) is 51.8 Å². The Balaban J connectivity index is 1.52. The number of rotatable bonds is 8. The number of amides is 1. The van der Waals surface area contributed by atoms with Gasteiger partial charge in [0.25, 0.3) is 0 Å². The van der Waals surface area contributed by atoms with E-state index >= 15 is 0 Å². The standard InChI is InChI=1S/C24H32FN5O2/c1-18(31)29-22-9-3-19(4-10-22)11-12-27-24(26-2)28-17-23(30-13-15-32-16-14-30)20-5-7-21(25)8-6-20/h3-10,23H,11-17H2,1-2H3,(H,29,31)(H2,26,27,28). The van der Waals surface area contributed by atoms with Gasteiger partial charge in [0.2, 0.25) is 5.91 Å². The second kappa shape index (κ2) is 12.2. The number of carbonyl (C=O) groups excluding carboxylic acids is 1. The molecule has 3 rings (SSSR count). The zero-order chi connectivity index (χ0) is 22.8. The summed E-state index contributed by atoms with van der Waals surface area (Å²) >= 11 is 0. The normalized spacial score (nSPS) is 15.8. The summed E-state index contributed by atoms with van der Waals surface area (Å²) in [6.07, 6.45) is 0.825. The van der Waals surface area contributed by atoms with Crippen LogP contribution < -0.4 is 16.0 Å². The Bertz CT molecular complexity index is 880. The molecule has 1 aliphatic heterocycles. The quantitative estimate of drug-likeness (QED) is 0.434. The Hall–Kier alpha value is -2.97. The van der Waals surface area contributed by atoms with Gasteiger partial charge in [-0.1, -0.05) is 24.3 Å². The van der Waals surface area contributed by atoms with Crippen LogP contribution in [0.1, 0.15) is 24.1 Å². The van der Waals surface area contributed by atoms with Crippen LogP contribution in [-0.4, -0.2) is 63.2 Å². The number of benzene rings is 2. The summed E-state index contributed by atoms with van der Waals surface area (Å²) in [5.74, 6) is 0.413. The Morgan fingerprint density at radius 1 is 1.09 bits per heavy atom. The van der Waals surface area contributed by atoms with Crippen molar-refractivity contribution in [3.63, 3.8) is 0 Å². The number of halogens is 1. The van der Waals surface area contributed by atoms with Crippen LogP contribution in [-0.2, 0) is 16.0 Å². The largest absolute Gasteiger partial charge is 0.379 e. The first-order chi connectivity index (χ1) is 15.5. The molecule has 2 aromatic rings. The lowest BCUT2D eigenvalue weighted by molar-refractivity contribution is -0.114. The van der Waals surface area contributed by atoms with Crippen molar-refractivity contribution >= 4 is 17.6 Å². The van der Waals surface area contributed by atoms with Crippen molar-refractivity contribution in [1.82, 2.24) is 15.5 Å². The van der Waals surface area contributed by atoms with E-state index in [9.17, 15) is 9.18 Å². The van der Waals surface area contributed by atoms with Crippen molar-refractivity contribution in [1.29, 1.82) is 0 Å². The molecule has 0 bridgehead atoms. The second-order valence-corrected chi connectivity index (χ2v) is 7.72. The van der Waals surface area contributed by atoms with E-state index in [-0.39, 0.29) is 17.8 Å². The van der Waals surface area contributed by atoms with Gasteiger partial charge in [-0.3, -0.25) is 14.7 Å². The van der Waals surface area contributed by atoms with Crippen LogP contribution in [0.25, 0.3) is 0 Å². The fraction of sp³-hybridized carbons (Fsp3) is 0.417. The number of hydrogen-bond donors (Lipinski definition) is 3. The molecule has 1 aliphatic rings. The Morgan fingerprint density at radius 2 is 1.78 bits per heavy atom. The van der Waals surface area contributed by atoms with Gasteiger partial charge in [0.15, 0.2) is 5.96 Å². The molecule has 0 radical (unpaired) electrons. The van der Waals surface area contributed by atoms with Crippen LogP contribution in [0.3, 0.4) is 0 Å². The third-order valence-electron chi connectivity index (χ3n) is 5.41. The Labute approximate surface area is 189 Å². The molecule has 1 unspecified atom stereocenters. The van der Waals surface area contributed by atoms with Crippen LogP contribution in [0.4, 0.5) is 10.1 Å². The molecule has 2 aromatic carbocycles. The highest BCUT2D eigenvalue weighted by molar-refractivity contribution is 5.88. The number of anilines is 1. The summed E-state index contributed by atoms with van der Waals surface area (Å²) in [5.41, 5.74) is 3.02. The van der Waals surface area contributed by atoms with Crippen molar-refractivity contribution in [3.8, 4) is 0 Å². The average molecular weight is 442 g/mol. The molecule has 3 N–H and O–H groups in total. The lowest BCUT2D eigenvalue weighted by atomic mass is 10.0. The first kappa shape index (κ1) is 23.7. The maximum Gasteiger partial charge on any atom is 0.221 e. The van der Waals surface area contributed by atoms with Gasteiger partial charge in [-0.15, -0.1) is 0 Å². The topological polar surface area (TPSA) is 78.0 Å². The van der Waals surface area contributed by atoms with Crippen molar-refractivity contribution < 1.29 is 13.9 Å². The third-order valence-corrected chi connectivity index (χ3v) is 5.41. The molecule has 0 saturated carbocycles. The molecule has 32 heavy (non-hydrogen) atoms. The fourth-order valence-corrected chi connectivity index (χ4v) is 3.73. The summed E-state index contributed by atoms with van der Waals surface area (Å²) in [6.45, 7) is 5.94. The summed E-state index contributed by atoms with van der Waals surface area (Å²) in [5, 5.41) is 9.53. The Morgan fingerprint density at radius 3 is 2.41 bits per heavy atom. The smallest absolute Gasteiger partial charge is 0.221 e. The van der Waals surface area contributed by atoms with E-state index in [1.54, 1.807) is 7.05 Å². The molecule has 8 heteroatoms. The molecule has 0 aromatic heterocycles. The van der Waals surface area contributed by atoms with E-state index in [1.807, 2.05) is 36.4 Å². The monoisotopic (exact) mass is 441 g/mol. The van der Waals surface area contributed by atoms with E-state index in [2.05, 4.69) is 25.8 Å². The van der Waals surface area contributed by atoms with E-state index in [0.29, 0.717) is 19.8 Å². The average Bonchev–Trinajstić information content (AvgIpc) is 2.80. The summed E-state index contributed by atoms with van der Waals surface area (Å²) in [4.78, 5) is 17.8. The fourth-order valence-electron chi connectivity index (χ4n) is 3.73. The highest BCUT2D eigenvalue weighted by Crippen LogP contribution is 2.21. The molecular formula is C24H32FN5O2. The molecule has 7 nitrogen and oxygen atoms in total. The van der Waals surface area contributed by atoms with Crippen LogP contribution in [0.5, 0.6) is 0 Å². The molecule has 1 atom stereocenters. The molecule has 1 heterocycles. The summed E-state index contributed by atoms with van der Waals surface area (Å²) in [7, 11) is 1.75. The zero-order valence-corrected chi connectivity index (χ0v) is 18.7. The van der Waals surface area contributed by atoms with Crippen molar-refractivity contribution in [2.24, 2.45) is 4.99 Å². The Kier molecular flexibility index (Phi) is 9.01. The number of aliphatic imine (C=N–C) groups is 1. The van der Waals surface area contributed by atoms with Crippen molar-refractivity contribution in [3.05, 3.63) is 65.5 Å². The van der Waals surface area contributed by atoms with Crippen molar-refractivity contribution in [2.45, 2.75) is 19.4 Å². The number of nitrogens with zero attached hydrogens (tertiary/aromatic N) is 2. The summed E-state index contributed by atoms with van der Waals surface area (Å²) in [6, 6.07) is 14.6. The van der Waals surface area contributed by atoms with E-state index in [0.717, 1.165) is 43.3 Å². The van der Waals surface area contributed by atoms with Gasteiger partial charge in [-0.05, 0) is 41.8 Å². The highest BCUT2D eigenvalue weighted by Gasteiger charge is 2.23. The van der Waals surface area contributed by atoms with Crippen LogP contribution in [0.15, 0.2) is 53.5 Å². The molecule has 0 aliphatic carbocycles. The molecule has 1 saturated heterocycles. The number of nitrogens with one attached hydrogen (secondary N) is 3. The third kappa shape index (κ3) is 7.32. The highest BCUT2D eigenvalue weighted by atomic mass is 19.1. The molecule has 0 spiro atoms. The van der Waals surface area contributed by atoms with Gasteiger partial charge in [0, 0.05) is 45.8 Å². The molecule has 1 fully saturated rings. The van der Waals surface area contributed by atoms with Gasteiger partial charge in [0.05, 0.1) is 19.3 Å². The van der Waals surface area contributed by atoms with Gasteiger partial charge in [-0.2, -0.15) is 0 Å². The lowest BCUT2D eigenvalue weighted by Gasteiger charge is -2.35. The second-order valence-electron chi connectivity index (χ2n) is 7.72. The minimum absolute atomic E-state index is 0.0784.